The summed E-state index contributed by atoms with van der Waals surface area (Å²) in [4.78, 5) is 6.17. The Kier molecular flexibility index (Phi) is 4.76. The number of hydrogen-bond donors (Lipinski definition) is 1. The lowest BCUT2D eigenvalue weighted by molar-refractivity contribution is 0.119. The van der Waals surface area contributed by atoms with Gasteiger partial charge in [0, 0.05) is 24.6 Å². The highest BCUT2D eigenvalue weighted by Crippen LogP contribution is 2.28. The summed E-state index contributed by atoms with van der Waals surface area (Å²) < 4.78 is 5.37. The molecule has 0 bridgehead atoms. The third-order valence-corrected chi connectivity index (χ3v) is 4.49. The number of rotatable bonds is 7. The second-order valence-corrected chi connectivity index (χ2v) is 6.67. The molecule has 18 heavy (non-hydrogen) atoms. The number of thiazole rings is 1. The summed E-state index contributed by atoms with van der Waals surface area (Å²) in [5.74, 6) is 0.650. The summed E-state index contributed by atoms with van der Waals surface area (Å²) in [6.07, 6.45) is 3.84. The predicted molar refractivity (Wildman–Crippen MR) is 75.9 cm³/mol. The van der Waals surface area contributed by atoms with Crippen molar-refractivity contribution in [1.29, 1.82) is 0 Å². The fourth-order valence-electron chi connectivity index (χ4n) is 1.89. The topological polar surface area (TPSA) is 34.1 Å². The highest BCUT2D eigenvalue weighted by molar-refractivity contribution is 7.11. The number of methoxy groups -OCH3 is 1. The minimum atomic E-state index is 0.107. The monoisotopic (exact) mass is 268 g/mol. The highest BCUT2D eigenvalue weighted by atomic mass is 32.1. The van der Waals surface area contributed by atoms with Gasteiger partial charge in [-0.15, -0.1) is 11.3 Å². The molecule has 2 rings (SSSR count). The van der Waals surface area contributed by atoms with Crippen LogP contribution in [0.1, 0.15) is 55.3 Å². The molecule has 1 fully saturated rings. The number of nitrogens with zero attached hydrogens (tertiary/aromatic N) is 1. The molecule has 0 radical (unpaired) electrons. The molecule has 1 aromatic rings. The van der Waals surface area contributed by atoms with Crippen molar-refractivity contribution in [2.24, 2.45) is 5.92 Å². The Labute approximate surface area is 114 Å². The smallest absolute Gasteiger partial charge is 0.122 e. The molecule has 1 atom stereocenters. The van der Waals surface area contributed by atoms with E-state index in [1.807, 2.05) is 0 Å². The van der Waals surface area contributed by atoms with Gasteiger partial charge in [0.2, 0.25) is 0 Å². The van der Waals surface area contributed by atoms with Crippen molar-refractivity contribution in [3.8, 4) is 0 Å². The number of aromatic nitrogens is 1. The highest BCUT2D eigenvalue weighted by Gasteiger charge is 2.22. The molecule has 1 N–H and O–H groups in total. The van der Waals surface area contributed by atoms with Gasteiger partial charge in [-0.2, -0.15) is 0 Å². The maximum atomic E-state index is 5.37. The average molecular weight is 268 g/mol. The van der Waals surface area contributed by atoms with Crippen LogP contribution in [0.2, 0.25) is 0 Å². The first-order chi connectivity index (χ1) is 8.60. The van der Waals surface area contributed by atoms with E-state index < -0.39 is 0 Å². The van der Waals surface area contributed by atoms with Gasteiger partial charge in [0.05, 0.1) is 5.69 Å². The number of ether oxygens (including phenoxy) is 1. The lowest BCUT2D eigenvalue weighted by atomic mass is 10.1. The van der Waals surface area contributed by atoms with Gasteiger partial charge in [0.25, 0.3) is 0 Å². The molecule has 1 aliphatic rings. The first kappa shape index (κ1) is 14.0. The standard InChI is InChI=1S/C14H24N2OS/c1-9(2)7-12-13(8-15-11-5-6-11)18-14(16-12)10(3)17-4/h9-11,15H,5-8H2,1-4H3. The van der Waals surface area contributed by atoms with E-state index in [1.54, 1.807) is 18.4 Å². The number of hydrogen-bond acceptors (Lipinski definition) is 4. The third-order valence-electron chi connectivity index (χ3n) is 3.23. The maximum Gasteiger partial charge on any atom is 0.122 e. The van der Waals surface area contributed by atoms with E-state index in [1.165, 1.54) is 23.4 Å². The second-order valence-electron chi connectivity index (χ2n) is 5.55. The normalized spacial score (nSPS) is 17.4. The van der Waals surface area contributed by atoms with Gasteiger partial charge in [-0.3, -0.25) is 0 Å². The zero-order chi connectivity index (χ0) is 13.1. The van der Waals surface area contributed by atoms with E-state index in [-0.39, 0.29) is 6.10 Å². The van der Waals surface area contributed by atoms with E-state index in [9.17, 15) is 0 Å². The molecule has 3 nitrogen and oxygen atoms in total. The van der Waals surface area contributed by atoms with Crippen LogP contribution in [0.25, 0.3) is 0 Å². The minimum absolute atomic E-state index is 0.107. The molecule has 0 spiro atoms. The summed E-state index contributed by atoms with van der Waals surface area (Å²) in [5.41, 5.74) is 1.27. The lowest BCUT2D eigenvalue weighted by Crippen LogP contribution is -2.15. The summed E-state index contributed by atoms with van der Waals surface area (Å²) in [7, 11) is 1.75. The lowest BCUT2D eigenvalue weighted by Gasteiger charge is -2.05. The fraction of sp³-hybridized carbons (Fsp3) is 0.786. The Morgan fingerprint density at radius 3 is 2.67 bits per heavy atom. The van der Waals surface area contributed by atoms with Crippen molar-refractivity contribution in [2.45, 2.75) is 58.7 Å². The maximum absolute atomic E-state index is 5.37. The van der Waals surface area contributed by atoms with Gasteiger partial charge in [-0.05, 0) is 32.1 Å². The van der Waals surface area contributed by atoms with Crippen LogP contribution in [0, 0.1) is 5.92 Å². The first-order valence-electron chi connectivity index (χ1n) is 6.84. The van der Waals surface area contributed by atoms with Gasteiger partial charge in [0.1, 0.15) is 11.1 Å². The molecule has 1 aromatic heterocycles. The predicted octanol–water partition coefficient (Wildman–Crippen LogP) is 3.30. The van der Waals surface area contributed by atoms with Gasteiger partial charge in [-0.1, -0.05) is 13.8 Å². The van der Waals surface area contributed by atoms with E-state index >= 15 is 0 Å². The van der Waals surface area contributed by atoms with Crippen LogP contribution < -0.4 is 5.32 Å². The van der Waals surface area contributed by atoms with Gasteiger partial charge in [-0.25, -0.2) is 4.98 Å². The molecule has 1 heterocycles. The molecule has 0 aromatic carbocycles. The molecule has 0 amide bonds. The molecule has 4 heteroatoms. The summed E-state index contributed by atoms with van der Waals surface area (Å²) in [6.45, 7) is 7.53. The van der Waals surface area contributed by atoms with Crippen molar-refractivity contribution in [2.75, 3.05) is 7.11 Å². The molecule has 102 valence electrons. The molecule has 0 saturated heterocycles. The quantitative estimate of drug-likeness (QED) is 0.824. The third kappa shape index (κ3) is 3.77. The average Bonchev–Trinajstić information content (AvgIpc) is 3.07. The van der Waals surface area contributed by atoms with Crippen LogP contribution in [-0.4, -0.2) is 18.1 Å². The Balaban J connectivity index is 2.08. The van der Waals surface area contributed by atoms with E-state index in [0.29, 0.717) is 5.92 Å². The van der Waals surface area contributed by atoms with Crippen molar-refractivity contribution in [3.63, 3.8) is 0 Å². The largest absolute Gasteiger partial charge is 0.375 e. The van der Waals surface area contributed by atoms with Crippen molar-refractivity contribution in [3.05, 3.63) is 15.6 Å². The minimum Gasteiger partial charge on any atom is -0.375 e. The molecule has 0 aliphatic heterocycles. The van der Waals surface area contributed by atoms with Crippen LogP contribution in [0.15, 0.2) is 0 Å². The SMILES string of the molecule is COC(C)c1nc(CC(C)C)c(CNC2CC2)s1. The van der Waals surface area contributed by atoms with Gasteiger partial charge < -0.3 is 10.1 Å². The van der Waals surface area contributed by atoms with Crippen LogP contribution >= 0.6 is 11.3 Å². The van der Waals surface area contributed by atoms with Crippen molar-refractivity contribution >= 4 is 11.3 Å². The van der Waals surface area contributed by atoms with E-state index in [0.717, 1.165) is 24.0 Å². The van der Waals surface area contributed by atoms with Crippen molar-refractivity contribution < 1.29 is 4.74 Å². The van der Waals surface area contributed by atoms with Crippen LogP contribution in [0.4, 0.5) is 0 Å². The second kappa shape index (κ2) is 6.13. The molecule has 1 aliphatic carbocycles. The number of nitrogens with one attached hydrogen (secondary N) is 1. The van der Waals surface area contributed by atoms with Crippen LogP contribution in [0.5, 0.6) is 0 Å². The Morgan fingerprint density at radius 2 is 2.11 bits per heavy atom. The van der Waals surface area contributed by atoms with Crippen LogP contribution in [-0.2, 0) is 17.7 Å². The summed E-state index contributed by atoms with van der Waals surface area (Å²) in [5, 5.41) is 4.70. The Hall–Kier alpha value is -0.450. The zero-order valence-corrected chi connectivity index (χ0v) is 12.6. The van der Waals surface area contributed by atoms with E-state index in [4.69, 9.17) is 9.72 Å². The first-order valence-corrected chi connectivity index (χ1v) is 7.66. The van der Waals surface area contributed by atoms with E-state index in [2.05, 4.69) is 26.1 Å². The van der Waals surface area contributed by atoms with Gasteiger partial charge >= 0.3 is 0 Å². The van der Waals surface area contributed by atoms with Gasteiger partial charge in [0.15, 0.2) is 0 Å². The molecular weight excluding hydrogens is 244 g/mol. The Bertz CT molecular complexity index is 385. The fourth-order valence-corrected chi connectivity index (χ4v) is 2.96. The van der Waals surface area contributed by atoms with Crippen molar-refractivity contribution in [1.82, 2.24) is 10.3 Å². The zero-order valence-electron chi connectivity index (χ0n) is 11.8. The van der Waals surface area contributed by atoms with Crippen LogP contribution in [0.3, 0.4) is 0 Å². The summed E-state index contributed by atoms with van der Waals surface area (Å²) >= 11 is 1.81. The molecular formula is C14H24N2OS. The Morgan fingerprint density at radius 1 is 1.39 bits per heavy atom. The molecule has 1 unspecified atom stereocenters. The summed E-state index contributed by atoms with van der Waals surface area (Å²) in [6, 6.07) is 0.752. The molecule has 1 saturated carbocycles.